The third-order valence-electron chi connectivity index (χ3n) is 4.50. The highest BCUT2D eigenvalue weighted by molar-refractivity contribution is 7.15. The van der Waals surface area contributed by atoms with Crippen LogP contribution in [0.3, 0.4) is 0 Å². The summed E-state index contributed by atoms with van der Waals surface area (Å²) in [5.41, 5.74) is 8.16. The van der Waals surface area contributed by atoms with Gasteiger partial charge in [0.15, 0.2) is 0 Å². The van der Waals surface area contributed by atoms with E-state index in [-0.39, 0.29) is 11.4 Å². The van der Waals surface area contributed by atoms with E-state index in [1.165, 1.54) is 37.0 Å². The van der Waals surface area contributed by atoms with E-state index in [1.54, 1.807) is 11.3 Å². The SMILES string of the molecule is CCOC(=O)c1sc(C2(CC(C)C)CCCC2)c(C)c1N. The Bertz CT molecular complexity index is 513. The topological polar surface area (TPSA) is 52.3 Å². The minimum atomic E-state index is -0.271. The number of nitrogen functional groups attached to an aromatic ring is 1. The average Bonchev–Trinajstić information content (AvgIpc) is 2.97. The minimum Gasteiger partial charge on any atom is -0.462 e. The summed E-state index contributed by atoms with van der Waals surface area (Å²) >= 11 is 1.57. The number of ether oxygens (including phenoxy) is 1. The van der Waals surface area contributed by atoms with Crippen molar-refractivity contribution >= 4 is 23.0 Å². The maximum atomic E-state index is 12.1. The Morgan fingerprint density at radius 2 is 2.00 bits per heavy atom. The zero-order chi connectivity index (χ0) is 15.6. The van der Waals surface area contributed by atoms with Gasteiger partial charge in [-0.1, -0.05) is 26.7 Å². The van der Waals surface area contributed by atoms with Crippen LogP contribution in [-0.2, 0) is 10.2 Å². The van der Waals surface area contributed by atoms with Crippen LogP contribution in [0.25, 0.3) is 0 Å². The quantitative estimate of drug-likeness (QED) is 0.804. The van der Waals surface area contributed by atoms with Crippen LogP contribution < -0.4 is 5.73 Å². The van der Waals surface area contributed by atoms with Crippen LogP contribution in [0.5, 0.6) is 0 Å². The van der Waals surface area contributed by atoms with Crippen LogP contribution in [0, 0.1) is 12.8 Å². The number of hydrogen-bond acceptors (Lipinski definition) is 4. The highest BCUT2D eigenvalue weighted by atomic mass is 32.1. The lowest BCUT2D eigenvalue weighted by Crippen LogP contribution is -2.24. The Morgan fingerprint density at radius 3 is 2.52 bits per heavy atom. The molecule has 0 atom stereocenters. The van der Waals surface area contributed by atoms with E-state index in [0.29, 0.717) is 23.1 Å². The summed E-state index contributed by atoms with van der Waals surface area (Å²) in [6, 6.07) is 0. The van der Waals surface area contributed by atoms with Crippen molar-refractivity contribution in [1.29, 1.82) is 0 Å². The molecule has 0 unspecified atom stereocenters. The monoisotopic (exact) mass is 309 g/mol. The Hall–Kier alpha value is -1.03. The molecule has 1 aliphatic carbocycles. The number of anilines is 1. The molecule has 0 spiro atoms. The van der Waals surface area contributed by atoms with Crippen LogP contribution >= 0.6 is 11.3 Å². The smallest absolute Gasteiger partial charge is 0.350 e. The first kappa shape index (κ1) is 16.3. The van der Waals surface area contributed by atoms with E-state index in [2.05, 4.69) is 20.8 Å². The zero-order valence-electron chi connectivity index (χ0n) is 13.6. The van der Waals surface area contributed by atoms with Crippen molar-refractivity contribution in [2.75, 3.05) is 12.3 Å². The summed E-state index contributed by atoms with van der Waals surface area (Å²) in [6.07, 6.45) is 6.16. The van der Waals surface area contributed by atoms with Gasteiger partial charge in [0.25, 0.3) is 0 Å². The van der Waals surface area contributed by atoms with Crippen molar-refractivity contribution in [2.45, 2.75) is 65.2 Å². The number of carbonyl (C=O) groups excluding carboxylic acids is 1. The molecule has 0 aromatic carbocycles. The maximum Gasteiger partial charge on any atom is 0.350 e. The van der Waals surface area contributed by atoms with Gasteiger partial charge in [0.1, 0.15) is 4.88 Å². The largest absolute Gasteiger partial charge is 0.462 e. The zero-order valence-corrected chi connectivity index (χ0v) is 14.4. The molecule has 2 N–H and O–H groups in total. The molecule has 0 bridgehead atoms. The van der Waals surface area contributed by atoms with Gasteiger partial charge in [-0.05, 0) is 44.6 Å². The molecule has 1 fully saturated rings. The molecule has 21 heavy (non-hydrogen) atoms. The molecule has 118 valence electrons. The van der Waals surface area contributed by atoms with E-state index >= 15 is 0 Å². The number of thiophene rings is 1. The normalized spacial score (nSPS) is 17.4. The number of carbonyl (C=O) groups is 1. The third-order valence-corrected chi connectivity index (χ3v) is 6.03. The fourth-order valence-corrected chi connectivity index (χ4v) is 5.11. The number of esters is 1. The van der Waals surface area contributed by atoms with Gasteiger partial charge >= 0.3 is 5.97 Å². The fraction of sp³-hybridized carbons (Fsp3) is 0.706. The molecular formula is C17H27NO2S. The van der Waals surface area contributed by atoms with Gasteiger partial charge in [0.2, 0.25) is 0 Å². The second kappa shape index (κ2) is 6.39. The summed E-state index contributed by atoms with van der Waals surface area (Å²) in [4.78, 5) is 14.0. The molecule has 1 aromatic heterocycles. The molecule has 3 nitrogen and oxygen atoms in total. The van der Waals surface area contributed by atoms with Crippen LogP contribution in [0.1, 0.15) is 73.0 Å². The molecule has 1 aromatic rings. The van der Waals surface area contributed by atoms with Gasteiger partial charge in [-0.15, -0.1) is 11.3 Å². The molecule has 1 saturated carbocycles. The van der Waals surface area contributed by atoms with Crippen molar-refractivity contribution in [3.63, 3.8) is 0 Å². The summed E-state index contributed by atoms with van der Waals surface area (Å²) in [5.74, 6) is 0.379. The van der Waals surface area contributed by atoms with E-state index in [4.69, 9.17) is 10.5 Å². The van der Waals surface area contributed by atoms with E-state index in [1.807, 2.05) is 6.92 Å². The van der Waals surface area contributed by atoms with Gasteiger partial charge < -0.3 is 10.5 Å². The summed E-state index contributed by atoms with van der Waals surface area (Å²) in [6.45, 7) is 8.83. The van der Waals surface area contributed by atoms with Crippen LogP contribution in [0.2, 0.25) is 0 Å². The van der Waals surface area contributed by atoms with Gasteiger partial charge in [-0.3, -0.25) is 0 Å². The summed E-state index contributed by atoms with van der Waals surface area (Å²) in [5, 5.41) is 0. The van der Waals surface area contributed by atoms with Crippen molar-refractivity contribution < 1.29 is 9.53 Å². The molecule has 0 saturated heterocycles. The third kappa shape index (κ3) is 3.10. The molecule has 0 amide bonds. The predicted octanol–water partition coefficient (Wildman–Crippen LogP) is 4.67. The van der Waals surface area contributed by atoms with Gasteiger partial charge in [-0.25, -0.2) is 4.79 Å². The molecule has 0 radical (unpaired) electrons. The Morgan fingerprint density at radius 1 is 1.38 bits per heavy atom. The molecule has 1 heterocycles. The van der Waals surface area contributed by atoms with E-state index < -0.39 is 0 Å². The Labute approximate surface area is 131 Å². The summed E-state index contributed by atoms with van der Waals surface area (Å²) in [7, 11) is 0. The average molecular weight is 309 g/mol. The summed E-state index contributed by atoms with van der Waals surface area (Å²) < 4.78 is 5.15. The first-order valence-corrected chi connectivity index (χ1v) is 8.79. The fourth-order valence-electron chi connectivity index (χ4n) is 3.74. The lowest BCUT2D eigenvalue weighted by atomic mass is 9.76. The molecule has 0 aliphatic heterocycles. The minimum absolute atomic E-state index is 0.224. The number of nitrogens with two attached hydrogens (primary N) is 1. The van der Waals surface area contributed by atoms with Crippen molar-refractivity contribution in [1.82, 2.24) is 0 Å². The van der Waals surface area contributed by atoms with E-state index in [9.17, 15) is 4.79 Å². The second-order valence-corrected chi connectivity index (χ2v) is 7.63. The van der Waals surface area contributed by atoms with Crippen LogP contribution in [0.15, 0.2) is 0 Å². The van der Waals surface area contributed by atoms with Crippen LogP contribution in [-0.4, -0.2) is 12.6 Å². The number of hydrogen-bond donors (Lipinski definition) is 1. The Kier molecular flexibility index (Phi) is 4.97. The standard InChI is InChI=1S/C17H27NO2S/c1-5-20-16(19)14-13(18)12(4)15(21-14)17(10-11(2)3)8-6-7-9-17/h11H,5-10,18H2,1-4H3. The van der Waals surface area contributed by atoms with Crippen LogP contribution in [0.4, 0.5) is 5.69 Å². The molecule has 1 aliphatic rings. The first-order valence-electron chi connectivity index (χ1n) is 7.97. The Balaban J connectivity index is 2.42. The second-order valence-electron chi connectivity index (χ2n) is 6.60. The molecule has 2 rings (SSSR count). The van der Waals surface area contributed by atoms with Crippen molar-refractivity contribution in [3.05, 3.63) is 15.3 Å². The van der Waals surface area contributed by atoms with Gasteiger partial charge in [0.05, 0.1) is 12.3 Å². The highest BCUT2D eigenvalue weighted by Crippen LogP contribution is 2.51. The van der Waals surface area contributed by atoms with Crippen molar-refractivity contribution in [2.24, 2.45) is 5.92 Å². The number of rotatable bonds is 5. The van der Waals surface area contributed by atoms with Crippen molar-refractivity contribution in [3.8, 4) is 0 Å². The first-order chi connectivity index (χ1) is 9.91. The highest BCUT2D eigenvalue weighted by Gasteiger charge is 2.40. The van der Waals surface area contributed by atoms with E-state index in [0.717, 1.165) is 5.56 Å². The lowest BCUT2D eigenvalue weighted by Gasteiger charge is -2.31. The maximum absolute atomic E-state index is 12.1. The molecular weight excluding hydrogens is 282 g/mol. The van der Waals surface area contributed by atoms with Gasteiger partial charge in [0, 0.05) is 10.3 Å². The van der Waals surface area contributed by atoms with Gasteiger partial charge in [-0.2, -0.15) is 0 Å². The predicted molar refractivity (Wildman–Crippen MR) is 89.0 cm³/mol. The lowest BCUT2D eigenvalue weighted by molar-refractivity contribution is 0.0533. The molecule has 4 heteroatoms.